The highest BCUT2D eigenvalue weighted by Crippen LogP contribution is 2.30. The Kier molecular flexibility index (Phi) is 4.99. The van der Waals surface area contributed by atoms with E-state index in [0.717, 1.165) is 5.01 Å². The normalized spacial score (nSPS) is 10.2. The number of nitrogens with two attached hydrogens (primary N) is 1. The van der Waals surface area contributed by atoms with Crippen molar-refractivity contribution < 1.29 is 14.3 Å². The predicted molar refractivity (Wildman–Crippen MR) is 82.1 cm³/mol. The lowest BCUT2D eigenvalue weighted by Gasteiger charge is -2.12. The molecule has 2 aromatic rings. The van der Waals surface area contributed by atoms with Gasteiger partial charge in [-0.2, -0.15) is 0 Å². The van der Waals surface area contributed by atoms with Gasteiger partial charge in [-0.05, 0) is 6.07 Å². The van der Waals surface area contributed by atoms with Gasteiger partial charge in [0.1, 0.15) is 11.5 Å². The molecular formula is C14H17N3O3S. The van der Waals surface area contributed by atoms with Crippen molar-refractivity contribution in [3.63, 3.8) is 0 Å². The number of hydrogen-bond acceptors (Lipinski definition) is 6. The highest BCUT2D eigenvalue weighted by Gasteiger charge is 2.15. The van der Waals surface area contributed by atoms with E-state index in [0.29, 0.717) is 35.7 Å². The fourth-order valence-corrected chi connectivity index (χ4v) is 2.45. The second-order valence-electron chi connectivity index (χ2n) is 4.22. The van der Waals surface area contributed by atoms with E-state index in [4.69, 9.17) is 15.2 Å². The van der Waals surface area contributed by atoms with Crippen LogP contribution < -0.4 is 20.5 Å². The maximum atomic E-state index is 12.2. The summed E-state index contributed by atoms with van der Waals surface area (Å²) in [5, 5.41) is 5.70. The van der Waals surface area contributed by atoms with Gasteiger partial charge in [0, 0.05) is 30.6 Å². The van der Waals surface area contributed by atoms with E-state index in [-0.39, 0.29) is 5.91 Å². The Labute approximate surface area is 126 Å². The number of nitrogens with one attached hydrogen (secondary N) is 1. The largest absolute Gasteiger partial charge is 0.497 e. The number of carbonyl (C=O) groups excluding carboxylic acids is 1. The van der Waals surface area contributed by atoms with Crippen molar-refractivity contribution >= 4 is 22.9 Å². The van der Waals surface area contributed by atoms with Crippen molar-refractivity contribution in [2.24, 2.45) is 0 Å². The van der Waals surface area contributed by atoms with E-state index in [2.05, 4.69) is 10.3 Å². The summed E-state index contributed by atoms with van der Waals surface area (Å²) in [7, 11) is 3.02. The third-order valence-electron chi connectivity index (χ3n) is 2.92. The molecule has 1 amide bonds. The van der Waals surface area contributed by atoms with E-state index in [1.807, 2.05) is 5.38 Å². The summed E-state index contributed by atoms with van der Waals surface area (Å²) in [6.07, 6.45) is 2.43. The summed E-state index contributed by atoms with van der Waals surface area (Å²) in [5.41, 5.74) is 6.57. The lowest BCUT2D eigenvalue weighted by atomic mass is 10.1. The zero-order chi connectivity index (χ0) is 15.2. The Balaban J connectivity index is 2.07. The first-order valence-corrected chi connectivity index (χ1v) is 7.21. The molecule has 1 heterocycles. The monoisotopic (exact) mass is 307 g/mol. The first-order valence-electron chi connectivity index (χ1n) is 6.33. The number of benzene rings is 1. The predicted octanol–water partition coefficient (Wildman–Crippen LogP) is 1.71. The van der Waals surface area contributed by atoms with Gasteiger partial charge in [0.15, 0.2) is 0 Å². The van der Waals surface area contributed by atoms with Crippen molar-refractivity contribution in [3.8, 4) is 11.5 Å². The quantitative estimate of drug-likeness (QED) is 0.794. The third-order valence-corrected chi connectivity index (χ3v) is 3.76. The summed E-state index contributed by atoms with van der Waals surface area (Å²) in [6.45, 7) is 0.491. The van der Waals surface area contributed by atoms with Crippen LogP contribution in [0.15, 0.2) is 23.7 Å². The summed E-state index contributed by atoms with van der Waals surface area (Å²) >= 11 is 1.56. The van der Waals surface area contributed by atoms with Gasteiger partial charge < -0.3 is 20.5 Å². The highest BCUT2D eigenvalue weighted by atomic mass is 32.1. The molecule has 0 unspecified atom stereocenters. The number of aromatic nitrogens is 1. The van der Waals surface area contributed by atoms with E-state index >= 15 is 0 Å². The molecule has 1 aromatic carbocycles. The minimum Gasteiger partial charge on any atom is -0.497 e. The van der Waals surface area contributed by atoms with Crippen LogP contribution in [0.2, 0.25) is 0 Å². The molecule has 0 spiro atoms. The maximum Gasteiger partial charge on any atom is 0.253 e. The average Bonchev–Trinajstić information content (AvgIpc) is 3.00. The molecule has 0 saturated heterocycles. The molecule has 0 atom stereocenters. The molecule has 21 heavy (non-hydrogen) atoms. The van der Waals surface area contributed by atoms with Crippen LogP contribution in [0.1, 0.15) is 15.4 Å². The van der Waals surface area contributed by atoms with Crippen LogP contribution in [-0.2, 0) is 6.42 Å². The molecular weight excluding hydrogens is 290 g/mol. The smallest absolute Gasteiger partial charge is 0.253 e. The number of nitrogen functional groups attached to an aromatic ring is 1. The zero-order valence-corrected chi connectivity index (χ0v) is 12.7. The molecule has 1 aromatic heterocycles. The van der Waals surface area contributed by atoms with Gasteiger partial charge in [0.2, 0.25) is 0 Å². The van der Waals surface area contributed by atoms with Crippen molar-refractivity contribution in [3.05, 3.63) is 34.3 Å². The SMILES string of the molecule is COc1cc(OC)c(N)c(C(=O)NCCc2nccs2)c1. The van der Waals surface area contributed by atoms with Gasteiger partial charge in [-0.3, -0.25) is 4.79 Å². The molecule has 7 heteroatoms. The molecule has 2 rings (SSSR count). The number of anilines is 1. The van der Waals surface area contributed by atoms with Crippen LogP contribution in [0.25, 0.3) is 0 Å². The minimum atomic E-state index is -0.263. The molecule has 0 aliphatic rings. The van der Waals surface area contributed by atoms with Crippen molar-refractivity contribution in [2.45, 2.75) is 6.42 Å². The number of ether oxygens (including phenoxy) is 2. The summed E-state index contributed by atoms with van der Waals surface area (Å²) < 4.78 is 10.3. The van der Waals surface area contributed by atoms with Crippen LogP contribution >= 0.6 is 11.3 Å². The number of amides is 1. The van der Waals surface area contributed by atoms with Gasteiger partial charge in [0.25, 0.3) is 5.91 Å². The number of thiazole rings is 1. The average molecular weight is 307 g/mol. The van der Waals surface area contributed by atoms with Gasteiger partial charge >= 0.3 is 0 Å². The van der Waals surface area contributed by atoms with Crippen molar-refractivity contribution in [1.82, 2.24) is 10.3 Å². The second kappa shape index (κ2) is 6.94. The van der Waals surface area contributed by atoms with Crippen LogP contribution in [0.3, 0.4) is 0 Å². The lowest BCUT2D eigenvalue weighted by molar-refractivity contribution is 0.0954. The fourth-order valence-electron chi connectivity index (χ4n) is 1.83. The van der Waals surface area contributed by atoms with Gasteiger partial charge in [-0.1, -0.05) is 0 Å². The van der Waals surface area contributed by atoms with Gasteiger partial charge in [0.05, 0.1) is 30.5 Å². The summed E-state index contributed by atoms with van der Waals surface area (Å²) in [4.78, 5) is 16.4. The molecule has 0 aliphatic heterocycles. The number of nitrogens with zero attached hydrogens (tertiary/aromatic N) is 1. The molecule has 0 saturated carbocycles. The molecule has 0 aliphatic carbocycles. The Morgan fingerprint density at radius 1 is 1.38 bits per heavy atom. The lowest BCUT2D eigenvalue weighted by Crippen LogP contribution is -2.26. The maximum absolute atomic E-state index is 12.2. The fraction of sp³-hybridized carbons (Fsp3) is 0.286. The first kappa shape index (κ1) is 15.1. The Bertz CT molecular complexity index is 614. The Morgan fingerprint density at radius 3 is 2.81 bits per heavy atom. The van der Waals surface area contributed by atoms with E-state index in [1.165, 1.54) is 14.2 Å². The number of methoxy groups -OCH3 is 2. The number of hydrogen-bond donors (Lipinski definition) is 2. The van der Waals surface area contributed by atoms with Crippen molar-refractivity contribution in [1.29, 1.82) is 0 Å². The number of carbonyl (C=O) groups is 1. The Hall–Kier alpha value is -2.28. The summed E-state index contributed by atoms with van der Waals surface area (Å²) in [6, 6.07) is 3.23. The van der Waals surface area contributed by atoms with Crippen LogP contribution in [0, 0.1) is 0 Å². The topological polar surface area (TPSA) is 86.5 Å². The van der Waals surface area contributed by atoms with E-state index < -0.39 is 0 Å². The summed E-state index contributed by atoms with van der Waals surface area (Å²) in [5.74, 6) is 0.673. The van der Waals surface area contributed by atoms with Gasteiger partial charge in [-0.15, -0.1) is 11.3 Å². The second-order valence-corrected chi connectivity index (χ2v) is 5.20. The third kappa shape index (κ3) is 3.63. The molecule has 0 radical (unpaired) electrons. The molecule has 0 fully saturated rings. The molecule has 112 valence electrons. The van der Waals surface area contributed by atoms with E-state index in [9.17, 15) is 4.79 Å². The Morgan fingerprint density at radius 2 is 2.19 bits per heavy atom. The minimum absolute atomic E-state index is 0.263. The van der Waals surface area contributed by atoms with Gasteiger partial charge in [-0.25, -0.2) is 4.98 Å². The highest BCUT2D eigenvalue weighted by molar-refractivity contribution is 7.09. The number of rotatable bonds is 6. The van der Waals surface area contributed by atoms with Crippen LogP contribution in [-0.4, -0.2) is 31.7 Å². The van der Waals surface area contributed by atoms with E-state index in [1.54, 1.807) is 29.7 Å². The molecule has 0 bridgehead atoms. The molecule has 3 N–H and O–H groups in total. The standard InChI is InChI=1S/C14H17N3O3S/c1-19-9-7-10(13(15)11(8-9)20-2)14(18)17-4-3-12-16-5-6-21-12/h5-8H,3-4,15H2,1-2H3,(H,17,18). The van der Waals surface area contributed by atoms with Crippen LogP contribution in [0.4, 0.5) is 5.69 Å². The van der Waals surface area contributed by atoms with Crippen LogP contribution in [0.5, 0.6) is 11.5 Å². The zero-order valence-electron chi connectivity index (χ0n) is 11.9. The first-order chi connectivity index (χ1) is 10.2. The van der Waals surface area contributed by atoms with Crippen molar-refractivity contribution in [2.75, 3.05) is 26.5 Å². The molecule has 6 nitrogen and oxygen atoms in total.